The monoisotopic (exact) mass is 279 g/mol. The molecule has 0 radical (unpaired) electrons. The molecule has 1 aromatic carbocycles. The molecule has 0 amide bonds. The minimum atomic E-state index is -0.917. The summed E-state index contributed by atoms with van der Waals surface area (Å²) in [5.41, 5.74) is 0.278. The van der Waals surface area contributed by atoms with Gasteiger partial charge in [-0.1, -0.05) is 26.7 Å². The lowest BCUT2D eigenvalue weighted by molar-refractivity contribution is 0.0697. The van der Waals surface area contributed by atoms with E-state index >= 15 is 0 Å². The van der Waals surface area contributed by atoms with Crippen molar-refractivity contribution in [2.45, 2.75) is 33.1 Å². The lowest BCUT2D eigenvalue weighted by atomic mass is 10.1. The van der Waals surface area contributed by atoms with Crippen LogP contribution in [0.4, 0.5) is 0 Å². The van der Waals surface area contributed by atoms with Crippen LogP contribution >= 0.6 is 0 Å². The van der Waals surface area contributed by atoms with Crippen molar-refractivity contribution >= 4 is 5.97 Å². The highest BCUT2D eigenvalue weighted by Crippen LogP contribution is 2.11. The fourth-order valence-corrected chi connectivity index (χ4v) is 1.86. The molecule has 112 valence electrons. The summed E-state index contributed by atoms with van der Waals surface area (Å²) in [5.74, 6) is 0.573. The summed E-state index contributed by atoms with van der Waals surface area (Å²) in [4.78, 5) is 10.7. The lowest BCUT2D eigenvalue weighted by Gasteiger charge is -2.08. The quantitative estimate of drug-likeness (QED) is 0.646. The van der Waals surface area contributed by atoms with Crippen molar-refractivity contribution in [3.05, 3.63) is 29.8 Å². The summed E-state index contributed by atoms with van der Waals surface area (Å²) >= 11 is 0. The van der Waals surface area contributed by atoms with Crippen LogP contribution in [0.3, 0.4) is 0 Å². The number of rotatable bonds is 10. The van der Waals surface area contributed by atoms with Crippen molar-refractivity contribution in [2.24, 2.45) is 5.92 Å². The zero-order chi connectivity index (χ0) is 14.8. The number of hydrogen-bond donors (Lipinski definition) is 2. The molecule has 20 heavy (non-hydrogen) atoms. The molecular weight excluding hydrogens is 254 g/mol. The van der Waals surface area contributed by atoms with Gasteiger partial charge in [0.15, 0.2) is 0 Å². The van der Waals surface area contributed by atoms with Gasteiger partial charge in [-0.3, -0.25) is 0 Å². The Morgan fingerprint density at radius 2 is 1.90 bits per heavy atom. The van der Waals surface area contributed by atoms with E-state index in [0.29, 0.717) is 12.4 Å². The number of ether oxygens (including phenoxy) is 1. The van der Waals surface area contributed by atoms with Crippen molar-refractivity contribution in [1.29, 1.82) is 0 Å². The van der Waals surface area contributed by atoms with Crippen LogP contribution < -0.4 is 10.1 Å². The molecule has 0 saturated carbocycles. The lowest BCUT2D eigenvalue weighted by Crippen LogP contribution is -2.22. The summed E-state index contributed by atoms with van der Waals surface area (Å²) < 4.78 is 5.53. The maximum absolute atomic E-state index is 10.7. The molecule has 0 aliphatic carbocycles. The first-order chi connectivity index (χ1) is 9.59. The second kappa shape index (κ2) is 9.37. The average molecular weight is 279 g/mol. The molecule has 0 heterocycles. The Morgan fingerprint density at radius 1 is 1.20 bits per heavy atom. The van der Waals surface area contributed by atoms with E-state index in [4.69, 9.17) is 9.84 Å². The van der Waals surface area contributed by atoms with Gasteiger partial charge in [-0.05, 0) is 43.1 Å². The van der Waals surface area contributed by atoms with Crippen LogP contribution in [0.15, 0.2) is 24.3 Å². The van der Waals surface area contributed by atoms with Crippen LogP contribution in [0, 0.1) is 5.92 Å². The Hall–Kier alpha value is -1.55. The number of carboxylic acids is 1. The van der Waals surface area contributed by atoms with Crippen LogP contribution in [-0.2, 0) is 0 Å². The van der Waals surface area contributed by atoms with E-state index in [-0.39, 0.29) is 5.56 Å². The highest BCUT2D eigenvalue weighted by molar-refractivity contribution is 5.87. The molecule has 0 atom stereocenters. The molecule has 0 unspecified atom stereocenters. The van der Waals surface area contributed by atoms with Crippen molar-refractivity contribution in [3.63, 3.8) is 0 Å². The minimum Gasteiger partial charge on any atom is -0.492 e. The first kappa shape index (κ1) is 16.5. The van der Waals surface area contributed by atoms with Crippen LogP contribution in [0.1, 0.15) is 43.5 Å². The summed E-state index contributed by atoms with van der Waals surface area (Å²) in [5, 5.41) is 12.1. The number of unbranched alkanes of at least 4 members (excludes halogenated alkanes) is 1. The predicted octanol–water partition coefficient (Wildman–Crippen LogP) is 3.18. The van der Waals surface area contributed by atoms with Crippen molar-refractivity contribution in [1.82, 2.24) is 5.32 Å². The maximum atomic E-state index is 10.7. The summed E-state index contributed by atoms with van der Waals surface area (Å²) in [7, 11) is 0. The van der Waals surface area contributed by atoms with E-state index < -0.39 is 5.97 Å². The predicted molar refractivity (Wildman–Crippen MR) is 80.5 cm³/mol. The van der Waals surface area contributed by atoms with Gasteiger partial charge in [-0.15, -0.1) is 0 Å². The molecule has 2 N–H and O–H groups in total. The van der Waals surface area contributed by atoms with Gasteiger partial charge in [0.1, 0.15) is 12.4 Å². The molecule has 0 aromatic heterocycles. The van der Waals surface area contributed by atoms with Gasteiger partial charge in [0.2, 0.25) is 0 Å². The molecule has 0 saturated heterocycles. The molecular formula is C16H25NO3. The van der Waals surface area contributed by atoms with Gasteiger partial charge in [0.05, 0.1) is 5.56 Å². The second-order valence-corrected chi connectivity index (χ2v) is 5.32. The minimum absolute atomic E-state index is 0.278. The third-order valence-corrected chi connectivity index (χ3v) is 3.03. The topological polar surface area (TPSA) is 58.6 Å². The third-order valence-electron chi connectivity index (χ3n) is 3.03. The van der Waals surface area contributed by atoms with Crippen molar-refractivity contribution < 1.29 is 14.6 Å². The van der Waals surface area contributed by atoms with Crippen LogP contribution in [0.5, 0.6) is 5.75 Å². The fourth-order valence-electron chi connectivity index (χ4n) is 1.86. The Bertz CT molecular complexity index is 387. The van der Waals surface area contributed by atoms with Gasteiger partial charge in [-0.2, -0.15) is 0 Å². The molecule has 1 rings (SSSR count). The zero-order valence-electron chi connectivity index (χ0n) is 12.4. The number of carbonyl (C=O) groups is 1. The molecule has 0 bridgehead atoms. The van der Waals surface area contributed by atoms with Gasteiger partial charge in [-0.25, -0.2) is 4.79 Å². The number of hydrogen-bond acceptors (Lipinski definition) is 3. The second-order valence-electron chi connectivity index (χ2n) is 5.32. The first-order valence-electron chi connectivity index (χ1n) is 7.26. The molecule has 0 fully saturated rings. The van der Waals surface area contributed by atoms with Gasteiger partial charge < -0.3 is 15.2 Å². The van der Waals surface area contributed by atoms with E-state index in [9.17, 15) is 4.79 Å². The molecule has 0 aliphatic rings. The number of nitrogens with one attached hydrogen (secondary N) is 1. The number of aromatic carboxylic acids is 1. The number of benzene rings is 1. The van der Waals surface area contributed by atoms with E-state index in [1.54, 1.807) is 24.3 Å². The Morgan fingerprint density at radius 3 is 2.50 bits per heavy atom. The molecule has 0 spiro atoms. The summed E-state index contributed by atoms with van der Waals surface area (Å²) in [6, 6.07) is 6.48. The van der Waals surface area contributed by atoms with Crippen LogP contribution in [0.2, 0.25) is 0 Å². The van der Waals surface area contributed by atoms with E-state index in [2.05, 4.69) is 19.2 Å². The van der Waals surface area contributed by atoms with E-state index in [1.807, 2.05) is 0 Å². The Balaban J connectivity index is 2.05. The first-order valence-corrected chi connectivity index (χ1v) is 7.26. The zero-order valence-corrected chi connectivity index (χ0v) is 12.4. The average Bonchev–Trinajstić information content (AvgIpc) is 2.42. The Kier molecular flexibility index (Phi) is 7.73. The Labute approximate surface area is 121 Å². The normalized spacial score (nSPS) is 10.8. The standard InChI is InChI=1S/C16H25NO3/c1-13(2)5-3-4-10-17-11-12-20-15-8-6-14(7-9-15)16(18)19/h6-9,13,17H,3-5,10-12H2,1-2H3,(H,18,19). The molecule has 4 heteroatoms. The SMILES string of the molecule is CC(C)CCCCNCCOc1ccc(C(=O)O)cc1. The molecule has 4 nitrogen and oxygen atoms in total. The largest absolute Gasteiger partial charge is 0.492 e. The third kappa shape index (κ3) is 7.14. The number of carboxylic acid groups (broad SMARTS) is 1. The van der Waals surface area contributed by atoms with Gasteiger partial charge >= 0.3 is 5.97 Å². The van der Waals surface area contributed by atoms with Crippen LogP contribution in [0.25, 0.3) is 0 Å². The fraction of sp³-hybridized carbons (Fsp3) is 0.562. The molecule has 1 aromatic rings. The van der Waals surface area contributed by atoms with E-state index in [1.165, 1.54) is 19.3 Å². The highest BCUT2D eigenvalue weighted by atomic mass is 16.5. The summed E-state index contributed by atoms with van der Waals surface area (Å²) in [6.45, 7) is 6.92. The van der Waals surface area contributed by atoms with E-state index in [0.717, 1.165) is 19.0 Å². The van der Waals surface area contributed by atoms with Crippen molar-refractivity contribution in [3.8, 4) is 5.75 Å². The van der Waals surface area contributed by atoms with Crippen LogP contribution in [-0.4, -0.2) is 30.8 Å². The smallest absolute Gasteiger partial charge is 0.335 e. The van der Waals surface area contributed by atoms with Gasteiger partial charge in [0, 0.05) is 6.54 Å². The molecule has 0 aliphatic heterocycles. The maximum Gasteiger partial charge on any atom is 0.335 e. The van der Waals surface area contributed by atoms with Gasteiger partial charge in [0.25, 0.3) is 0 Å². The van der Waals surface area contributed by atoms with Crippen molar-refractivity contribution in [2.75, 3.05) is 19.7 Å². The highest BCUT2D eigenvalue weighted by Gasteiger charge is 2.01. The summed E-state index contributed by atoms with van der Waals surface area (Å²) in [6.07, 6.45) is 3.75.